The quantitative estimate of drug-likeness (QED) is 0.226. The van der Waals surface area contributed by atoms with Crippen molar-refractivity contribution >= 4 is 23.1 Å². The summed E-state index contributed by atoms with van der Waals surface area (Å²) in [5, 5.41) is 5.10. The smallest absolute Gasteiger partial charge is 0.306 e. The fourth-order valence-corrected chi connectivity index (χ4v) is 5.77. The van der Waals surface area contributed by atoms with Crippen LogP contribution in [0.15, 0.2) is 42.7 Å². The minimum absolute atomic E-state index is 0.0457. The van der Waals surface area contributed by atoms with Gasteiger partial charge in [-0.25, -0.2) is 14.1 Å². The van der Waals surface area contributed by atoms with E-state index in [1.807, 2.05) is 6.07 Å². The molecule has 0 saturated heterocycles. The molecule has 1 saturated carbocycles. The van der Waals surface area contributed by atoms with E-state index in [0.29, 0.717) is 34.9 Å². The highest BCUT2D eigenvalue weighted by Crippen LogP contribution is 2.48. The van der Waals surface area contributed by atoms with Crippen LogP contribution in [0.25, 0.3) is 11.3 Å². The zero-order chi connectivity index (χ0) is 28.4. The number of hydrogen-bond donors (Lipinski definition) is 0. The fourth-order valence-electron chi connectivity index (χ4n) is 5.52. The summed E-state index contributed by atoms with van der Waals surface area (Å²) in [5.74, 6) is 0.655. The van der Waals surface area contributed by atoms with Crippen LogP contribution in [0.2, 0.25) is 5.02 Å². The third-order valence-electron chi connectivity index (χ3n) is 7.85. The van der Waals surface area contributed by atoms with E-state index in [-0.39, 0.29) is 30.3 Å². The molecule has 2 aliphatic rings. The Morgan fingerprint density at radius 3 is 2.73 bits per heavy atom. The number of carbonyl (C=O) groups excluding carboxylic acids is 1. The number of allylic oxidation sites excluding steroid dienone is 2. The number of pyridine rings is 1. The molecule has 1 aromatic carbocycles. The predicted octanol–water partition coefficient (Wildman–Crippen LogP) is 7.30. The van der Waals surface area contributed by atoms with Gasteiger partial charge in [0.15, 0.2) is 0 Å². The fraction of sp³-hybridized carbons (Fsp3) is 0.452. The molecule has 7 nitrogen and oxygen atoms in total. The van der Waals surface area contributed by atoms with Crippen LogP contribution >= 0.6 is 11.6 Å². The second-order valence-electron chi connectivity index (χ2n) is 11.1. The average Bonchev–Trinajstić information content (AvgIpc) is 3.60. The van der Waals surface area contributed by atoms with Gasteiger partial charge < -0.3 is 14.2 Å². The maximum Gasteiger partial charge on any atom is 0.306 e. The lowest BCUT2D eigenvalue weighted by molar-refractivity contribution is -0.143. The standard InChI is InChI=1S/C31H35ClFN3O4/c1-5-39-29(37)15-22(19-8-9-19)23-14-28(34-17-25(23)32)40-18-20-16-35-36(27-13-21(38-4)10-11-26(27)33)30(20)24-7-6-12-31(24,2)3/h7,10-11,13-14,16-17,19,22H,5-6,8-9,12,15,18H2,1-4H3. The zero-order valence-electron chi connectivity index (χ0n) is 23.4. The molecule has 2 aliphatic carbocycles. The topological polar surface area (TPSA) is 75.5 Å². The Labute approximate surface area is 239 Å². The second-order valence-corrected chi connectivity index (χ2v) is 11.5. The Hall–Kier alpha value is -3.39. The van der Waals surface area contributed by atoms with Gasteiger partial charge in [0.25, 0.3) is 0 Å². The molecule has 212 valence electrons. The number of halogens is 2. The Kier molecular flexibility index (Phi) is 8.17. The van der Waals surface area contributed by atoms with Crippen LogP contribution in [-0.2, 0) is 16.1 Å². The number of nitrogens with zero attached hydrogens (tertiary/aromatic N) is 3. The molecule has 2 aromatic heterocycles. The Morgan fingerprint density at radius 1 is 1.25 bits per heavy atom. The highest BCUT2D eigenvalue weighted by atomic mass is 35.5. The van der Waals surface area contributed by atoms with Gasteiger partial charge in [-0.15, -0.1) is 0 Å². The number of ether oxygens (including phenoxy) is 3. The van der Waals surface area contributed by atoms with Crippen LogP contribution < -0.4 is 9.47 Å². The first kappa shape index (κ1) is 28.1. The molecule has 9 heteroatoms. The number of esters is 1. The summed E-state index contributed by atoms with van der Waals surface area (Å²) >= 11 is 6.56. The van der Waals surface area contributed by atoms with Crippen molar-refractivity contribution < 1.29 is 23.4 Å². The van der Waals surface area contributed by atoms with E-state index in [9.17, 15) is 4.79 Å². The summed E-state index contributed by atoms with van der Waals surface area (Å²) in [5.41, 5.74) is 3.75. The first-order chi connectivity index (χ1) is 19.2. The largest absolute Gasteiger partial charge is 0.497 e. The maximum atomic E-state index is 15.1. The summed E-state index contributed by atoms with van der Waals surface area (Å²) < 4.78 is 33.5. The molecule has 0 aliphatic heterocycles. The first-order valence-corrected chi connectivity index (χ1v) is 14.1. The van der Waals surface area contributed by atoms with Crippen molar-refractivity contribution in [3.63, 3.8) is 0 Å². The predicted molar refractivity (Wildman–Crippen MR) is 151 cm³/mol. The maximum absolute atomic E-state index is 15.1. The van der Waals surface area contributed by atoms with Gasteiger partial charge in [0.1, 0.15) is 23.9 Å². The molecule has 40 heavy (non-hydrogen) atoms. The van der Waals surface area contributed by atoms with E-state index in [0.717, 1.165) is 48.1 Å². The summed E-state index contributed by atoms with van der Waals surface area (Å²) in [6.07, 6.45) is 9.77. The molecule has 1 unspecified atom stereocenters. The number of aromatic nitrogens is 3. The van der Waals surface area contributed by atoms with Gasteiger partial charge in [-0.05, 0) is 73.1 Å². The molecular weight excluding hydrogens is 533 g/mol. The second kappa shape index (κ2) is 11.6. The van der Waals surface area contributed by atoms with Crippen LogP contribution in [0.3, 0.4) is 0 Å². The number of methoxy groups -OCH3 is 1. The molecule has 1 atom stereocenters. The van der Waals surface area contributed by atoms with Gasteiger partial charge in [0.05, 0.1) is 37.1 Å². The molecule has 0 amide bonds. The van der Waals surface area contributed by atoms with Gasteiger partial charge >= 0.3 is 5.97 Å². The zero-order valence-corrected chi connectivity index (χ0v) is 24.1. The van der Waals surface area contributed by atoms with Crippen LogP contribution in [0.1, 0.15) is 75.6 Å². The minimum Gasteiger partial charge on any atom is -0.497 e. The molecular formula is C31H35ClFN3O4. The van der Waals surface area contributed by atoms with E-state index >= 15 is 4.39 Å². The van der Waals surface area contributed by atoms with Gasteiger partial charge in [-0.3, -0.25) is 4.79 Å². The van der Waals surface area contributed by atoms with Crippen molar-refractivity contribution in [2.24, 2.45) is 11.3 Å². The Morgan fingerprint density at radius 2 is 2.05 bits per heavy atom. The molecule has 0 N–H and O–H groups in total. The molecule has 2 heterocycles. The minimum atomic E-state index is -0.397. The van der Waals surface area contributed by atoms with Gasteiger partial charge in [-0.1, -0.05) is 31.5 Å². The first-order valence-electron chi connectivity index (χ1n) is 13.8. The van der Waals surface area contributed by atoms with Crippen LogP contribution in [0.4, 0.5) is 4.39 Å². The summed E-state index contributed by atoms with van der Waals surface area (Å²) in [6, 6.07) is 6.45. The van der Waals surface area contributed by atoms with E-state index in [1.165, 1.54) is 6.07 Å². The van der Waals surface area contributed by atoms with Crippen molar-refractivity contribution in [2.45, 2.75) is 65.4 Å². The molecule has 0 spiro atoms. The van der Waals surface area contributed by atoms with Crippen LogP contribution in [-0.4, -0.2) is 34.5 Å². The van der Waals surface area contributed by atoms with E-state index in [1.54, 1.807) is 43.2 Å². The molecule has 0 bridgehead atoms. The van der Waals surface area contributed by atoms with Crippen molar-refractivity contribution in [2.75, 3.05) is 13.7 Å². The van der Waals surface area contributed by atoms with Crippen LogP contribution in [0, 0.1) is 17.2 Å². The summed E-state index contributed by atoms with van der Waals surface area (Å²) in [7, 11) is 1.55. The van der Waals surface area contributed by atoms with Crippen molar-refractivity contribution in [1.29, 1.82) is 0 Å². The lowest BCUT2D eigenvalue weighted by Crippen LogP contribution is -2.15. The normalized spacial score (nSPS) is 16.9. The average molecular weight is 568 g/mol. The van der Waals surface area contributed by atoms with Crippen molar-refractivity contribution in [1.82, 2.24) is 14.8 Å². The number of carbonyl (C=O) groups is 1. The third kappa shape index (κ3) is 5.87. The monoisotopic (exact) mass is 567 g/mol. The number of rotatable bonds is 11. The molecule has 0 radical (unpaired) electrons. The van der Waals surface area contributed by atoms with Gasteiger partial charge in [0, 0.05) is 23.9 Å². The van der Waals surface area contributed by atoms with Crippen molar-refractivity contribution in [3.05, 3.63) is 70.4 Å². The van der Waals surface area contributed by atoms with E-state index in [2.05, 4.69) is 30.0 Å². The van der Waals surface area contributed by atoms with Gasteiger partial charge in [0.2, 0.25) is 5.88 Å². The van der Waals surface area contributed by atoms with E-state index in [4.69, 9.17) is 25.8 Å². The third-order valence-corrected chi connectivity index (χ3v) is 8.16. The molecule has 1 fully saturated rings. The Bertz CT molecular complexity index is 1430. The lowest BCUT2D eigenvalue weighted by atomic mass is 9.83. The SMILES string of the molecule is CCOC(=O)CC(c1cc(OCc2cnn(-c3cc(OC)ccc3F)c2C2=CCCC2(C)C)ncc1Cl)C1CC1. The lowest BCUT2D eigenvalue weighted by Gasteiger charge is -2.24. The highest BCUT2D eigenvalue weighted by molar-refractivity contribution is 6.31. The Balaban J connectivity index is 1.46. The van der Waals surface area contributed by atoms with E-state index < -0.39 is 5.82 Å². The number of benzene rings is 1. The van der Waals surface area contributed by atoms with Gasteiger partial charge in [-0.2, -0.15) is 5.10 Å². The van der Waals surface area contributed by atoms with Crippen molar-refractivity contribution in [3.8, 4) is 17.3 Å². The molecule has 3 aromatic rings. The summed E-state index contributed by atoms with van der Waals surface area (Å²) in [4.78, 5) is 16.7. The number of hydrogen-bond acceptors (Lipinski definition) is 6. The molecule has 5 rings (SSSR count). The summed E-state index contributed by atoms with van der Waals surface area (Å²) in [6.45, 7) is 6.69. The highest BCUT2D eigenvalue weighted by Gasteiger charge is 2.36. The van der Waals surface area contributed by atoms with Crippen LogP contribution in [0.5, 0.6) is 11.6 Å².